The lowest BCUT2D eigenvalue weighted by molar-refractivity contribution is 0.628. The molecule has 0 unspecified atom stereocenters. The van der Waals surface area contributed by atoms with Crippen molar-refractivity contribution < 1.29 is 8.78 Å². The number of benzene rings is 6. The lowest BCUT2D eigenvalue weighted by Crippen LogP contribution is -1.99. The van der Waals surface area contributed by atoms with Crippen LogP contribution in [0.3, 0.4) is 0 Å². The van der Waals surface area contributed by atoms with Crippen molar-refractivity contribution in [3.63, 3.8) is 0 Å². The minimum atomic E-state index is -0.278. The topological polar surface area (TPSA) is 0 Å². The minimum absolute atomic E-state index is 0.278. The first-order valence-electron chi connectivity index (χ1n) is 11.3. The first-order valence-corrected chi connectivity index (χ1v) is 11.3. The van der Waals surface area contributed by atoms with Gasteiger partial charge < -0.3 is 0 Å². The van der Waals surface area contributed by atoms with E-state index in [1.54, 1.807) is 12.1 Å². The van der Waals surface area contributed by atoms with Crippen LogP contribution in [-0.2, 0) is 0 Å². The van der Waals surface area contributed by atoms with Gasteiger partial charge in [0.25, 0.3) is 0 Å². The molecule has 0 spiro atoms. The zero-order valence-electron chi connectivity index (χ0n) is 18.1. The Morgan fingerprint density at radius 1 is 0.294 bits per heavy atom. The third-order valence-electron chi connectivity index (χ3n) is 6.90. The fourth-order valence-corrected chi connectivity index (χ4v) is 5.32. The Morgan fingerprint density at radius 3 is 0.941 bits per heavy atom. The van der Waals surface area contributed by atoms with Gasteiger partial charge in [0.15, 0.2) is 0 Å². The number of hydrogen-bond donors (Lipinski definition) is 0. The van der Waals surface area contributed by atoms with Gasteiger partial charge in [-0.05, 0) is 115 Å². The molecule has 6 aromatic carbocycles. The summed E-state index contributed by atoms with van der Waals surface area (Å²) in [6, 6.07) is 34.8. The number of hydrogen-bond acceptors (Lipinski definition) is 0. The van der Waals surface area contributed by atoms with Gasteiger partial charge in [-0.25, -0.2) is 8.78 Å². The summed E-state index contributed by atoms with van der Waals surface area (Å²) in [6.07, 6.45) is 0. The van der Waals surface area contributed by atoms with Crippen molar-refractivity contribution in [3.05, 3.63) is 121 Å². The lowest BCUT2D eigenvalue weighted by atomic mass is 9.79. The first kappa shape index (κ1) is 19.2. The van der Waals surface area contributed by atoms with Crippen LogP contribution in [-0.4, -0.2) is 0 Å². The fourth-order valence-electron chi connectivity index (χ4n) is 5.32. The SMILES string of the molecule is Fc1ccc2c(c1)-c1cc3ccccc3cc1-c1ccc(F)cc1-c1cc3ccccc3cc1-2. The Kier molecular flexibility index (Phi) is 4.01. The van der Waals surface area contributed by atoms with Crippen LogP contribution in [0.2, 0.25) is 0 Å². The molecule has 0 fully saturated rings. The van der Waals surface area contributed by atoms with E-state index in [1.165, 1.54) is 12.1 Å². The van der Waals surface area contributed by atoms with E-state index >= 15 is 0 Å². The predicted molar refractivity (Wildman–Crippen MR) is 137 cm³/mol. The average Bonchev–Trinajstić information content (AvgIpc) is 2.86. The molecule has 0 atom stereocenters. The van der Waals surface area contributed by atoms with Crippen molar-refractivity contribution >= 4 is 21.5 Å². The number of halogens is 2. The van der Waals surface area contributed by atoms with E-state index in [0.717, 1.165) is 66.1 Å². The Morgan fingerprint density at radius 2 is 0.588 bits per heavy atom. The molecule has 6 aromatic rings. The molecule has 1 aliphatic rings. The molecule has 0 amide bonds. The Balaban J connectivity index is 1.71. The molecular weight excluding hydrogens is 422 g/mol. The van der Waals surface area contributed by atoms with Crippen LogP contribution in [0.5, 0.6) is 0 Å². The molecule has 2 heteroatoms. The van der Waals surface area contributed by atoms with Gasteiger partial charge in [-0.2, -0.15) is 0 Å². The second-order valence-electron chi connectivity index (χ2n) is 8.87. The molecule has 0 saturated carbocycles. The predicted octanol–water partition coefficient (Wildman–Crippen LogP) is 9.25. The molecule has 0 heterocycles. The van der Waals surface area contributed by atoms with Crippen LogP contribution >= 0.6 is 0 Å². The largest absolute Gasteiger partial charge is 0.207 e. The highest BCUT2D eigenvalue weighted by molar-refractivity contribution is 6.09. The summed E-state index contributed by atoms with van der Waals surface area (Å²) >= 11 is 0. The fraction of sp³-hybridized carbons (Fsp3) is 0. The monoisotopic (exact) mass is 440 g/mol. The van der Waals surface area contributed by atoms with Gasteiger partial charge in [-0.1, -0.05) is 60.7 Å². The van der Waals surface area contributed by atoms with Crippen molar-refractivity contribution in [1.82, 2.24) is 0 Å². The van der Waals surface area contributed by atoms with Gasteiger partial charge in [0, 0.05) is 0 Å². The second kappa shape index (κ2) is 7.10. The van der Waals surface area contributed by atoms with Crippen LogP contribution in [0.15, 0.2) is 109 Å². The number of rotatable bonds is 0. The highest BCUT2D eigenvalue weighted by Crippen LogP contribution is 2.49. The van der Waals surface area contributed by atoms with Crippen molar-refractivity contribution in [3.8, 4) is 44.5 Å². The van der Waals surface area contributed by atoms with Gasteiger partial charge >= 0.3 is 0 Å². The summed E-state index contributed by atoms with van der Waals surface area (Å²) in [5.74, 6) is -0.555. The van der Waals surface area contributed by atoms with Crippen LogP contribution < -0.4 is 0 Å². The highest BCUT2D eigenvalue weighted by atomic mass is 19.1. The first-order chi connectivity index (χ1) is 16.7. The van der Waals surface area contributed by atoms with Gasteiger partial charge in [-0.15, -0.1) is 0 Å². The van der Waals surface area contributed by atoms with Gasteiger partial charge in [0.05, 0.1) is 0 Å². The van der Waals surface area contributed by atoms with E-state index in [2.05, 4.69) is 48.5 Å². The second-order valence-corrected chi connectivity index (χ2v) is 8.87. The van der Waals surface area contributed by atoms with Crippen LogP contribution in [0.4, 0.5) is 8.78 Å². The third kappa shape index (κ3) is 2.82. The molecule has 7 rings (SSSR count). The Bertz CT molecular complexity index is 1650. The van der Waals surface area contributed by atoms with Crippen LogP contribution in [0.25, 0.3) is 66.1 Å². The van der Waals surface area contributed by atoms with E-state index in [4.69, 9.17) is 0 Å². The molecule has 0 bridgehead atoms. The maximum absolute atomic E-state index is 14.7. The third-order valence-corrected chi connectivity index (χ3v) is 6.90. The van der Waals surface area contributed by atoms with Crippen molar-refractivity contribution in [2.24, 2.45) is 0 Å². The van der Waals surface area contributed by atoms with E-state index in [1.807, 2.05) is 36.4 Å². The van der Waals surface area contributed by atoms with Gasteiger partial charge in [0.1, 0.15) is 11.6 Å². The van der Waals surface area contributed by atoms with Crippen molar-refractivity contribution in [2.45, 2.75) is 0 Å². The van der Waals surface area contributed by atoms with Gasteiger partial charge in [-0.3, -0.25) is 0 Å². The zero-order valence-corrected chi connectivity index (χ0v) is 18.1. The molecule has 1 aliphatic carbocycles. The summed E-state index contributed by atoms with van der Waals surface area (Å²) in [6.45, 7) is 0. The molecule has 160 valence electrons. The van der Waals surface area contributed by atoms with E-state index in [0.29, 0.717) is 0 Å². The Hall–Kier alpha value is -4.30. The zero-order chi connectivity index (χ0) is 22.8. The summed E-state index contributed by atoms with van der Waals surface area (Å²) < 4.78 is 29.3. The maximum Gasteiger partial charge on any atom is 0.123 e. The molecule has 34 heavy (non-hydrogen) atoms. The normalized spacial score (nSPS) is 11.8. The summed E-state index contributed by atoms with van der Waals surface area (Å²) in [4.78, 5) is 0. The van der Waals surface area contributed by atoms with Gasteiger partial charge in [0.2, 0.25) is 0 Å². The smallest absolute Gasteiger partial charge is 0.123 e. The number of fused-ring (bicyclic) bond motifs is 10. The average molecular weight is 440 g/mol. The highest BCUT2D eigenvalue weighted by Gasteiger charge is 2.24. The molecular formula is C32H18F2. The lowest BCUT2D eigenvalue weighted by Gasteiger charge is -2.24. The maximum atomic E-state index is 14.7. The summed E-state index contributed by atoms with van der Waals surface area (Å²) in [5, 5.41) is 4.35. The molecule has 0 radical (unpaired) electrons. The van der Waals surface area contributed by atoms with E-state index in [-0.39, 0.29) is 11.6 Å². The Labute approximate surface area is 195 Å². The quantitative estimate of drug-likeness (QED) is 0.220. The molecule has 0 N–H and O–H groups in total. The van der Waals surface area contributed by atoms with Crippen molar-refractivity contribution in [1.29, 1.82) is 0 Å². The summed E-state index contributed by atoms with van der Waals surface area (Å²) in [5.41, 5.74) is 7.39. The van der Waals surface area contributed by atoms with Crippen LogP contribution in [0.1, 0.15) is 0 Å². The minimum Gasteiger partial charge on any atom is -0.207 e. The van der Waals surface area contributed by atoms with Crippen LogP contribution in [0, 0.1) is 11.6 Å². The van der Waals surface area contributed by atoms with E-state index < -0.39 is 0 Å². The molecule has 0 saturated heterocycles. The molecule has 0 nitrogen and oxygen atoms in total. The molecule has 0 aromatic heterocycles. The van der Waals surface area contributed by atoms with Crippen molar-refractivity contribution in [2.75, 3.05) is 0 Å². The molecule has 0 aliphatic heterocycles. The standard InChI is InChI=1S/C32H18F2/c33-23-9-11-25-27-13-19-5-1-3-7-21(19)15-29(27)32-18-24(34)10-12-26(32)28-14-20-6-2-4-8-22(20)16-30(28)31(25)17-23/h1-18H. The van der Waals surface area contributed by atoms with E-state index in [9.17, 15) is 8.78 Å². The summed E-state index contributed by atoms with van der Waals surface area (Å²) in [7, 11) is 0.